The zero-order valence-corrected chi connectivity index (χ0v) is 25.8. The van der Waals surface area contributed by atoms with Gasteiger partial charge < -0.3 is 20.4 Å². The molecule has 8 rings (SSSR count). The maximum absolute atomic E-state index is 13.3. The molecule has 0 aliphatic carbocycles. The summed E-state index contributed by atoms with van der Waals surface area (Å²) in [6.45, 7) is 5.09. The predicted molar refractivity (Wildman–Crippen MR) is 179 cm³/mol. The van der Waals surface area contributed by atoms with E-state index >= 15 is 0 Å². The van der Waals surface area contributed by atoms with Gasteiger partial charge in [0.2, 0.25) is 5.95 Å². The second-order valence-corrected chi connectivity index (χ2v) is 12.6. The van der Waals surface area contributed by atoms with Crippen molar-refractivity contribution < 1.29 is 9.59 Å². The molecular weight excluding hydrogens is 578 g/mol. The molecule has 3 unspecified atom stereocenters. The molecule has 234 valence electrons. The fourth-order valence-corrected chi connectivity index (χ4v) is 7.29. The van der Waals surface area contributed by atoms with Crippen LogP contribution >= 0.6 is 0 Å². The monoisotopic (exact) mass is 615 g/mol. The zero-order valence-electron chi connectivity index (χ0n) is 25.8. The summed E-state index contributed by atoms with van der Waals surface area (Å²) in [5, 5.41) is 8.78. The SMILES string of the molecule is CC(Nc1nccc(-n2cnc3cc(N4CC5CCCN5C4=O)ccc32)n1)C1CCCN(C(=O)Nc2cccc3ccccc23)C1. The summed E-state index contributed by atoms with van der Waals surface area (Å²) < 4.78 is 1.95. The van der Waals surface area contributed by atoms with E-state index in [0.717, 1.165) is 78.5 Å². The predicted octanol–water partition coefficient (Wildman–Crippen LogP) is 6.12. The van der Waals surface area contributed by atoms with Gasteiger partial charge in [0, 0.05) is 49.5 Å². The van der Waals surface area contributed by atoms with Crippen LogP contribution in [0.1, 0.15) is 32.6 Å². The van der Waals surface area contributed by atoms with Crippen molar-refractivity contribution in [2.24, 2.45) is 5.92 Å². The van der Waals surface area contributed by atoms with Gasteiger partial charge in [-0.25, -0.2) is 19.6 Å². The number of benzene rings is 3. The molecule has 0 spiro atoms. The van der Waals surface area contributed by atoms with Gasteiger partial charge in [0.1, 0.15) is 12.1 Å². The number of hydrogen-bond acceptors (Lipinski definition) is 6. The number of amides is 4. The number of imidazole rings is 1. The smallest absolute Gasteiger partial charge is 0.324 e. The van der Waals surface area contributed by atoms with E-state index in [1.807, 2.05) is 73.9 Å². The van der Waals surface area contributed by atoms with Crippen molar-refractivity contribution >= 4 is 51.2 Å². The Bertz CT molecular complexity index is 1930. The van der Waals surface area contributed by atoms with Gasteiger partial charge in [-0.3, -0.25) is 9.47 Å². The van der Waals surface area contributed by atoms with Crippen molar-refractivity contribution in [1.29, 1.82) is 0 Å². The first kappa shape index (κ1) is 28.3. The maximum Gasteiger partial charge on any atom is 0.324 e. The van der Waals surface area contributed by atoms with E-state index in [-0.39, 0.29) is 24.0 Å². The maximum atomic E-state index is 13.3. The van der Waals surface area contributed by atoms with E-state index < -0.39 is 0 Å². The van der Waals surface area contributed by atoms with Crippen LogP contribution in [0.5, 0.6) is 0 Å². The van der Waals surface area contributed by atoms with E-state index in [2.05, 4.69) is 39.7 Å². The number of carbonyl (C=O) groups is 2. The highest BCUT2D eigenvalue weighted by Gasteiger charge is 2.40. The van der Waals surface area contributed by atoms with Crippen molar-refractivity contribution in [2.75, 3.05) is 41.7 Å². The van der Waals surface area contributed by atoms with Gasteiger partial charge in [0.25, 0.3) is 0 Å². The van der Waals surface area contributed by atoms with E-state index in [1.54, 1.807) is 12.5 Å². The van der Waals surface area contributed by atoms with E-state index in [0.29, 0.717) is 24.4 Å². The Balaban J connectivity index is 0.940. The number of fused-ring (bicyclic) bond motifs is 3. The van der Waals surface area contributed by atoms with Crippen molar-refractivity contribution in [1.82, 2.24) is 29.3 Å². The van der Waals surface area contributed by atoms with E-state index in [1.165, 1.54) is 0 Å². The number of carbonyl (C=O) groups excluding carboxylic acids is 2. The van der Waals surface area contributed by atoms with Crippen LogP contribution in [0.3, 0.4) is 0 Å². The summed E-state index contributed by atoms with van der Waals surface area (Å²) in [5.74, 6) is 1.48. The van der Waals surface area contributed by atoms with Crippen LogP contribution in [-0.2, 0) is 0 Å². The molecule has 3 aliphatic rings. The third-order valence-corrected chi connectivity index (χ3v) is 9.82. The van der Waals surface area contributed by atoms with Crippen LogP contribution in [0, 0.1) is 5.92 Å². The molecule has 0 saturated carbocycles. The minimum absolute atomic E-state index is 0.0544. The molecule has 3 fully saturated rings. The Hall–Kier alpha value is -5.19. The Morgan fingerprint density at radius 3 is 2.74 bits per heavy atom. The first-order valence-corrected chi connectivity index (χ1v) is 16.2. The first-order chi connectivity index (χ1) is 22.5. The molecule has 0 radical (unpaired) electrons. The number of nitrogens with one attached hydrogen (secondary N) is 2. The van der Waals surface area contributed by atoms with Gasteiger partial charge in [-0.2, -0.15) is 4.98 Å². The number of piperidine rings is 1. The first-order valence-electron chi connectivity index (χ1n) is 16.2. The number of anilines is 3. The summed E-state index contributed by atoms with van der Waals surface area (Å²) in [6.07, 6.45) is 7.62. The van der Waals surface area contributed by atoms with Crippen molar-refractivity contribution in [3.8, 4) is 5.82 Å². The lowest BCUT2D eigenvalue weighted by molar-refractivity contribution is 0.172. The lowest BCUT2D eigenvalue weighted by Crippen LogP contribution is -2.46. The molecule has 46 heavy (non-hydrogen) atoms. The second-order valence-electron chi connectivity index (χ2n) is 12.6. The number of urea groups is 2. The number of aromatic nitrogens is 4. The molecule has 3 atom stereocenters. The molecule has 0 bridgehead atoms. The third kappa shape index (κ3) is 5.15. The standard InChI is InChI=1S/C35H37N9O2/c1-23(25-9-5-17-41(20-25)34(45)39-29-12-4-8-24-7-2-3-11-28(24)29)38-33-36-16-15-32(40-33)44-22-37-30-19-26(13-14-31(30)44)43-21-27-10-6-18-42(27)35(43)46/h2-4,7-8,11-16,19,22-23,25,27H,5-6,9-10,17-18,20-21H2,1H3,(H,39,45)(H,36,38,40). The topological polar surface area (TPSA) is 112 Å². The van der Waals surface area contributed by atoms with Gasteiger partial charge in [0.15, 0.2) is 0 Å². The molecule has 2 N–H and O–H groups in total. The summed E-state index contributed by atoms with van der Waals surface area (Å²) in [6, 6.07) is 22.3. The highest BCUT2D eigenvalue weighted by molar-refractivity contribution is 6.01. The van der Waals surface area contributed by atoms with Gasteiger partial charge in [-0.15, -0.1) is 0 Å². The second kappa shape index (κ2) is 11.6. The lowest BCUT2D eigenvalue weighted by Gasteiger charge is -2.36. The van der Waals surface area contributed by atoms with E-state index in [9.17, 15) is 9.59 Å². The number of hydrogen-bond donors (Lipinski definition) is 2. The third-order valence-electron chi connectivity index (χ3n) is 9.82. The van der Waals surface area contributed by atoms with Crippen LogP contribution in [0.4, 0.5) is 26.9 Å². The lowest BCUT2D eigenvalue weighted by atomic mass is 9.92. The highest BCUT2D eigenvalue weighted by atomic mass is 16.2. The van der Waals surface area contributed by atoms with Crippen LogP contribution in [0.2, 0.25) is 0 Å². The molecule has 3 saturated heterocycles. The van der Waals surface area contributed by atoms with Crippen molar-refractivity contribution in [3.63, 3.8) is 0 Å². The molecule has 5 aromatic rings. The van der Waals surface area contributed by atoms with Crippen LogP contribution in [0.15, 0.2) is 79.3 Å². The minimum atomic E-state index is -0.0731. The molecule has 3 aliphatic heterocycles. The van der Waals surface area contributed by atoms with Crippen molar-refractivity contribution in [2.45, 2.75) is 44.7 Å². The zero-order chi connectivity index (χ0) is 31.2. The Labute approximate surface area is 267 Å². The molecule has 11 heteroatoms. The van der Waals surface area contributed by atoms with Gasteiger partial charge in [0.05, 0.1) is 22.8 Å². The molecular formula is C35H37N9O2. The average Bonchev–Trinajstić information content (AvgIpc) is 3.81. The molecule has 11 nitrogen and oxygen atoms in total. The summed E-state index contributed by atoms with van der Waals surface area (Å²) in [7, 11) is 0. The van der Waals surface area contributed by atoms with Gasteiger partial charge in [-0.05, 0) is 74.2 Å². The average molecular weight is 616 g/mol. The largest absolute Gasteiger partial charge is 0.351 e. The van der Waals surface area contributed by atoms with Crippen LogP contribution < -0.4 is 15.5 Å². The summed E-state index contributed by atoms with van der Waals surface area (Å²) >= 11 is 0. The minimum Gasteiger partial charge on any atom is -0.351 e. The number of likely N-dealkylation sites (tertiary alicyclic amines) is 1. The molecule has 4 amide bonds. The molecule has 5 heterocycles. The number of nitrogens with zero attached hydrogens (tertiary/aromatic N) is 7. The normalized spacial score (nSPS) is 20.4. The van der Waals surface area contributed by atoms with Gasteiger partial charge >= 0.3 is 12.1 Å². The summed E-state index contributed by atoms with van der Waals surface area (Å²) in [4.78, 5) is 46.0. The Kier molecular flexibility index (Phi) is 7.15. The van der Waals surface area contributed by atoms with Gasteiger partial charge in [-0.1, -0.05) is 36.4 Å². The van der Waals surface area contributed by atoms with Crippen LogP contribution in [-0.4, -0.2) is 79.6 Å². The molecule has 2 aromatic heterocycles. The summed E-state index contributed by atoms with van der Waals surface area (Å²) in [5.41, 5.74) is 3.43. The highest BCUT2D eigenvalue weighted by Crippen LogP contribution is 2.32. The van der Waals surface area contributed by atoms with Crippen LogP contribution in [0.25, 0.3) is 27.6 Å². The molecule has 3 aromatic carbocycles. The van der Waals surface area contributed by atoms with Crippen molar-refractivity contribution in [3.05, 3.63) is 79.3 Å². The Morgan fingerprint density at radius 2 is 1.83 bits per heavy atom. The quantitative estimate of drug-likeness (QED) is 0.238. The fraction of sp³-hybridized carbons (Fsp3) is 0.343. The Morgan fingerprint density at radius 1 is 0.957 bits per heavy atom. The number of rotatable bonds is 6. The fourth-order valence-electron chi connectivity index (χ4n) is 7.29. The van der Waals surface area contributed by atoms with E-state index in [4.69, 9.17) is 4.98 Å².